The Balaban J connectivity index is 3.25. The predicted molar refractivity (Wildman–Crippen MR) is 71.3 cm³/mol. The Morgan fingerprint density at radius 1 is 1.35 bits per heavy atom. The van der Waals surface area contributed by atoms with Crippen LogP contribution in [0.4, 0.5) is 0 Å². The molecule has 0 amide bonds. The average Bonchev–Trinajstić information content (AvgIpc) is 2.27. The van der Waals surface area contributed by atoms with E-state index in [9.17, 15) is 0 Å². The Labute approximate surface area is 104 Å². The molecule has 0 aliphatic rings. The average molecular weight is 231 g/mol. The van der Waals surface area contributed by atoms with E-state index >= 15 is 0 Å². The van der Waals surface area contributed by atoms with E-state index in [4.69, 9.17) is 11.3 Å². The maximum absolute atomic E-state index is 7.10. The number of nitrogens with zero attached hydrogens (tertiary/aromatic N) is 1. The molecule has 1 unspecified atom stereocenters. The summed E-state index contributed by atoms with van der Waals surface area (Å²) in [6, 6.07) is 5.99. The second-order valence-corrected chi connectivity index (χ2v) is 5.24. The molecule has 2 heteroatoms. The van der Waals surface area contributed by atoms with Crippen LogP contribution >= 0.6 is 0 Å². The molecular formula is C15H21NO. The number of hydrogen-bond acceptors (Lipinski definition) is 1. The Bertz CT molecular complexity index is 424. The van der Waals surface area contributed by atoms with Crippen molar-refractivity contribution < 1.29 is 4.74 Å². The van der Waals surface area contributed by atoms with Gasteiger partial charge in [0.05, 0.1) is 6.61 Å². The largest absolute Gasteiger partial charge is 0.494 e. The van der Waals surface area contributed by atoms with E-state index in [1.54, 1.807) is 0 Å². The third-order valence-electron chi connectivity index (χ3n) is 2.79. The fourth-order valence-corrected chi connectivity index (χ4v) is 1.75. The van der Waals surface area contributed by atoms with Crippen LogP contribution in [0.5, 0.6) is 5.75 Å². The van der Waals surface area contributed by atoms with Crippen molar-refractivity contribution in [2.24, 2.45) is 0 Å². The molecule has 0 aliphatic carbocycles. The van der Waals surface area contributed by atoms with Gasteiger partial charge in [-0.1, -0.05) is 20.8 Å². The van der Waals surface area contributed by atoms with Gasteiger partial charge in [0.15, 0.2) is 0 Å². The van der Waals surface area contributed by atoms with E-state index in [1.165, 1.54) is 5.56 Å². The van der Waals surface area contributed by atoms with Crippen LogP contribution in [0.25, 0.3) is 4.85 Å². The molecule has 1 aromatic rings. The molecule has 1 aromatic carbocycles. The molecule has 92 valence electrons. The molecule has 0 saturated carbocycles. The zero-order valence-corrected chi connectivity index (χ0v) is 11.4. The summed E-state index contributed by atoms with van der Waals surface area (Å²) >= 11 is 0. The van der Waals surface area contributed by atoms with Crippen LogP contribution in [0.1, 0.15) is 51.8 Å². The monoisotopic (exact) mass is 231 g/mol. The van der Waals surface area contributed by atoms with Gasteiger partial charge in [0.1, 0.15) is 5.75 Å². The maximum atomic E-state index is 7.10. The number of hydrogen-bond donors (Lipinski definition) is 0. The van der Waals surface area contributed by atoms with Crippen molar-refractivity contribution in [3.05, 3.63) is 40.7 Å². The van der Waals surface area contributed by atoms with Crippen molar-refractivity contribution in [3.8, 4) is 5.75 Å². The molecule has 0 saturated heterocycles. The Morgan fingerprint density at radius 2 is 2.00 bits per heavy atom. The first-order valence-electron chi connectivity index (χ1n) is 6.04. The molecular weight excluding hydrogens is 210 g/mol. The highest BCUT2D eigenvalue weighted by molar-refractivity contribution is 5.43. The summed E-state index contributed by atoms with van der Waals surface area (Å²) < 4.78 is 5.65. The Hall–Kier alpha value is -1.49. The van der Waals surface area contributed by atoms with Gasteiger partial charge in [0.25, 0.3) is 0 Å². The SMILES string of the molecule is [C-]#[N+]C(C)c1ccc(OCC)c(C(C)(C)C)c1. The molecule has 0 aliphatic heterocycles. The molecule has 2 nitrogen and oxygen atoms in total. The molecule has 0 fully saturated rings. The van der Waals surface area contributed by atoms with Crippen LogP contribution in [-0.4, -0.2) is 6.61 Å². The summed E-state index contributed by atoms with van der Waals surface area (Å²) in [5.74, 6) is 0.931. The van der Waals surface area contributed by atoms with Crippen LogP contribution in [0.15, 0.2) is 18.2 Å². The minimum atomic E-state index is -0.0909. The molecule has 1 rings (SSSR count). The quantitative estimate of drug-likeness (QED) is 0.704. The van der Waals surface area contributed by atoms with Crippen molar-refractivity contribution in [2.75, 3.05) is 6.61 Å². The van der Waals surface area contributed by atoms with Gasteiger partial charge in [0, 0.05) is 18.1 Å². The van der Waals surface area contributed by atoms with E-state index < -0.39 is 0 Å². The fourth-order valence-electron chi connectivity index (χ4n) is 1.75. The first-order valence-corrected chi connectivity index (χ1v) is 6.04. The minimum Gasteiger partial charge on any atom is -0.494 e. The highest BCUT2D eigenvalue weighted by Crippen LogP contribution is 2.34. The van der Waals surface area contributed by atoms with Crippen molar-refractivity contribution in [1.82, 2.24) is 0 Å². The lowest BCUT2D eigenvalue weighted by Crippen LogP contribution is -2.14. The van der Waals surface area contributed by atoms with Crippen molar-refractivity contribution in [1.29, 1.82) is 0 Å². The second kappa shape index (κ2) is 5.23. The summed E-state index contributed by atoms with van der Waals surface area (Å²) in [5.41, 5.74) is 2.27. The lowest BCUT2D eigenvalue weighted by Gasteiger charge is -2.23. The summed E-state index contributed by atoms with van der Waals surface area (Å²) in [7, 11) is 0. The van der Waals surface area contributed by atoms with Crippen LogP contribution in [0.3, 0.4) is 0 Å². The van der Waals surface area contributed by atoms with Crippen molar-refractivity contribution >= 4 is 0 Å². The first kappa shape index (κ1) is 13.6. The predicted octanol–water partition coefficient (Wildman–Crippen LogP) is 4.36. The van der Waals surface area contributed by atoms with Crippen molar-refractivity contribution in [3.63, 3.8) is 0 Å². The number of ether oxygens (including phenoxy) is 1. The fraction of sp³-hybridized carbons (Fsp3) is 0.533. The first-order chi connectivity index (χ1) is 7.90. The highest BCUT2D eigenvalue weighted by atomic mass is 16.5. The lowest BCUT2D eigenvalue weighted by atomic mass is 9.84. The standard InChI is InChI=1S/C15H21NO/c1-7-17-14-9-8-12(11(2)16-6)10-13(14)15(3,4)5/h8-11H,7H2,1-5H3. The van der Waals surface area contributed by atoms with Gasteiger partial charge >= 0.3 is 0 Å². The zero-order valence-electron chi connectivity index (χ0n) is 11.4. The second-order valence-electron chi connectivity index (χ2n) is 5.24. The maximum Gasteiger partial charge on any atom is 0.245 e. The van der Waals surface area contributed by atoms with Crippen LogP contribution < -0.4 is 4.74 Å². The minimum absolute atomic E-state index is 0.0300. The molecule has 0 spiro atoms. The van der Waals surface area contributed by atoms with Gasteiger partial charge in [-0.2, -0.15) is 0 Å². The summed E-state index contributed by atoms with van der Waals surface area (Å²) in [4.78, 5) is 3.57. The van der Waals surface area contributed by atoms with Gasteiger partial charge in [-0.05, 0) is 30.5 Å². The normalized spacial score (nSPS) is 12.9. The van der Waals surface area contributed by atoms with Gasteiger partial charge in [-0.15, -0.1) is 0 Å². The van der Waals surface area contributed by atoms with E-state index in [-0.39, 0.29) is 11.5 Å². The third kappa shape index (κ3) is 3.23. The summed E-state index contributed by atoms with van der Waals surface area (Å²) in [5, 5.41) is 0. The molecule has 0 bridgehead atoms. The van der Waals surface area contributed by atoms with Crippen LogP contribution in [-0.2, 0) is 5.41 Å². The Morgan fingerprint density at radius 3 is 2.47 bits per heavy atom. The molecule has 0 radical (unpaired) electrons. The smallest absolute Gasteiger partial charge is 0.245 e. The van der Waals surface area contributed by atoms with Crippen LogP contribution in [0, 0.1) is 6.57 Å². The molecule has 0 aromatic heterocycles. The molecule has 17 heavy (non-hydrogen) atoms. The number of benzene rings is 1. The van der Waals surface area contributed by atoms with Crippen LogP contribution in [0.2, 0.25) is 0 Å². The summed E-state index contributed by atoms with van der Waals surface area (Å²) in [6.07, 6.45) is 0. The topological polar surface area (TPSA) is 13.6 Å². The molecule has 0 N–H and O–H groups in total. The van der Waals surface area contributed by atoms with Gasteiger partial charge < -0.3 is 9.58 Å². The lowest BCUT2D eigenvalue weighted by molar-refractivity contribution is 0.329. The van der Waals surface area contributed by atoms with Gasteiger partial charge in [0.2, 0.25) is 6.04 Å². The van der Waals surface area contributed by atoms with Gasteiger partial charge in [-0.3, -0.25) is 0 Å². The zero-order chi connectivity index (χ0) is 13.1. The number of rotatable bonds is 3. The molecule has 1 atom stereocenters. The third-order valence-corrected chi connectivity index (χ3v) is 2.79. The molecule has 0 heterocycles. The summed E-state index contributed by atoms with van der Waals surface area (Å²) in [6.45, 7) is 18.2. The van der Waals surface area contributed by atoms with Gasteiger partial charge in [-0.25, -0.2) is 6.57 Å². The highest BCUT2D eigenvalue weighted by Gasteiger charge is 2.21. The van der Waals surface area contributed by atoms with E-state index in [0.717, 1.165) is 11.3 Å². The van der Waals surface area contributed by atoms with E-state index in [2.05, 4.69) is 31.7 Å². The Kier molecular flexibility index (Phi) is 4.17. The van der Waals surface area contributed by atoms with Crippen molar-refractivity contribution in [2.45, 2.75) is 46.1 Å². The van der Waals surface area contributed by atoms with E-state index in [0.29, 0.717) is 6.61 Å². The van der Waals surface area contributed by atoms with E-state index in [1.807, 2.05) is 26.0 Å².